The molecular formula is C28H36N8O5S. The van der Waals surface area contributed by atoms with E-state index in [9.17, 15) is 13.5 Å². The van der Waals surface area contributed by atoms with Crippen molar-refractivity contribution in [3.63, 3.8) is 0 Å². The molecule has 224 valence electrons. The van der Waals surface area contributed by atoms with E-state index in [0.29, 0.717) is 37.8 Å². The van der Waals surface area contributed by atoms with Crippen molar-refractivity contribution in [2.45, 2.75) is 38.6 Å². The number of aryl methyl sites for hydroxylation is 1. The van der Waals surface area contributed by atoms with Crippen molar-refractivity contribution in [3.8, 4) is 22.9 Å². The Morgan fingerprint density at radius 1 is 1.21 bits per heavy atom. The minimum atomic E-state index is -3.31. The molecule has 0 aliphatic carbocycles. The molecule has 1 saturated heterocycles. The Morgan fingerprint density at radius 3 is 2.81 bits per heavy atom. The van der Waals surface area contributed by atoms with Gasteiger partial charge < -0.3 is 14.6 Å². The van der Waals surface area contributed by atoms with Crippen molar-refractivity contribution in [1.29, 1.82) is 0 Å². The molecule has 2 atom stereocenters. The predicted octanol–water partition coefficient (Wildman–Crippen LogP) is 1.95. The molecule has 2 aliphatic rings. The van der Waals surface area contributed by atoms with Crippen LogP contribution in [0.4, 0.5) is 0 Å². The predicted molar refractivity (Wildman–Crippen MR) is 158 cm³/mol. The highest BCUT2D eigenvalue weighted by Gasteiger charge is 2.32. The number of likely N-dealkylation sites (N-methyl/N-ethyl adjacent to an activating group) is 1. The average molecular weight is 597 g/mol. The molecule has 0 amide bonds. The molecule has 13 nitrogen and oxygen atoms in total. The monoisotopic (exact) mass is 596 g/mol. The van der Waals surface area contributed by atoms with Gasteiger partial charge in [0.1, 0.15) is 12.2 Å². The molecule has 5 heterocycles. The first-order chi connectivity index (χ1) is 20.1. The van der Waals surface area contributed by atoms with Gasteiger partial charge >= 0.3 is 0 Å². The van der Waals surface area contributed by atoms with Crippen LogP contribution in [-0.4, -0.2) is 104 Å². The summed E-state index contributed by atoms with van der Waals surface area (Å²) in [4.78, 5) is 2.14. The minimum absolute atomic E-state index is 0.0942. The van der Waals surface area contributed by atoms with Crippen molar-refractivity contribution < 1.29 is 23.0 Å². The van der Waals surface area contributed by atoms with Gasteiger partial charge in [0.2, 0.25) is 21.8 Å². The summed E-state index contributed by atoms with van der Waals surface area (Å²) in [7, 11) is 0.567. The van der Waals surface area contributed by atoms with Crippen LogP contribution in [0.5, 0.6) is 11.8 Å². The molecule has 14 heteroatoms. The third-order valence-electron chi connectivity index (χ3n) is 7.73. The molecule has 0 spiro atoms. The van der Waals surface area contributed by atoms with Gasteiger partial charge in [-0.2, -0.15) is 14.5 Å². The van der Waals surface area contributed by atoms with Gasteiger partial charge in [-0.25, -0.2) is 13.1 Å². The number of aromatic amines is 1. The first-order valence-corrected chi connectivity index (χ1v) is 15.8. The normalized spacial score (nSPS) is 21.1. The lowest BCUT2D eigenvalue weighted by Crippen LogP contribution is -2.32. The summed E-state index contributed by atoms with van der Waals surface area (Å²) in [5.41, 5.74) is 5.13. The largest absolute Gasteiger partial charge is 0.473 e. The topological polar surface area (TPSA) is 144 Å². The quantitative estimate of drug-likeness (QED) is 0.353. The zero-order valence-corrected chi connectivity index (χ0v) is 25.0. The van der Waals surface area contributed by atoms with E-state index in [2.05, 4.69) is 26.3 Å². The van der Waals surface area contributed by atoms with Crippen LogP contribution in [0, 0.1) is 0 Å². The molecule has 1 aromatic carbocycles. The van der Waals surface area contributed by atoms with Crippen LogP contribution in [0.15, 0.2) is 24.4 Å². The summed E-state index contributed by atoms with van der Waals surface area (Å²) in [5.74, 6) is 1.09. The number of aliphatic hydroxyl groups excluding tert-OH is 1. The fraction of sp³-hybridized carbons (Fsp3) is 0.464. The van der Waals surface area contributed by atoms with E-state index in [1.807, 2.05) is 51.5 Å². The molecule has 2 aliphatic heterocycles. The Labute approximate surface area is 244 Å². The Bertz CT molecular complexity index is 1740. The van der Waals surface area contributed by atoms with Crippen LogP contribution in [0.2, 0.25) is 0 Å². The van der Waals surface area contributed by atoms with Gasteiger partial charge in [0.15, 0.2) is 0 Å². The van der Waals surface area contributed by atoms with Crippen molar-refractivity contribution in [2.24, 2.45) is 7.05 Å². The Kier molecular flexibility index (Phi) is 7.55. The van der Waals surface area contributed by atoms with Crippen LogP contribution >= 0.6 is 0 Å². The molecular weight excluding hydrogens is 560 g/mol. The van der Waals surface area contributed by atoms with Gasteiger partial charge in [0, 0.05) is 32.1 Å². The standard InChI is InChI=1S/C28H36N8O5S/c1-18-15-33(2)17-26-21(27(32-36(26)11-12-37)41-20-9-10-35(16-20)42(4,38)39)6-8-25-22-13-19(5-7-24(22)30-31-25)23-14-29-34(3)28(23)40-18/h5-8,13-14,18,20,37H,9-12,15-17H2,1-4H3,(H,30,31)/b8-6+/t18-,20-/m0/s1. The summed E-state index contributed by atoms with van der Waals surface area (Å²) in [6, 6.07) is 6.06. The second-order valence-electron chi connectivity index (χ2n) is 11.1. The first-order valence-electron chi connectivity index (χ1n) is 14.0. The summed E-state index contributed by atoms with van der Waals surface area (Å²) in [5, 5.41) is 27.6. The zero-order valence-electron chi connectivity index (χ0n) is 24.2. The lowest BCUT2D eigenvalue weighted by atomic mass is 10.1. The number of aromatic nitrogens is 6. The van der Waals surface area contributed by atoms with E-state index in [0.717, 1.165) is 39.0 Å². The Balaban J connectivity index is 1.45. The summed E-state index contributed by atoms with van der Waals surface area (Å²) in [6.07, 6.45) is 7.01. The maximum absolute atomic E-state index is 12.1. The average Bonchev–Trinajstić information content (AvgIpc) is 3.70. The van der Waals surface area contributed by atoms with E-state index >= 15 is 0 Å². The van der Waals surface area contributed by atoms with Gasteiger partial charge in [-0.05, 0) is 50.2 Å². The van der Waals surface area contributed by atoms with Crippen molar-refractivity contribution in [1.82, 2.24) is 39.0 Å². The van der Waals surface area contributed by atoms with Crippen LogP contribution in [0.3, 0.4) is 0 Å². The molecule has 42 heavy (non-hydrogen) atoms. The SMILES string of the molecule is C[C@H]1CN(C)Cc2c(c(O[C@H]3CCN(S(C)(=O)=O)C3)nn2CCO)/C=C/c2[nH]nc3ccc(cc23)-c2cnn(C)c2O1. The minimum Gasteiger partial charge on any atom is -0.473 e. The maximum Gasteiger partial charge on any atom is 0.240 e. The van der Waals surface area contributed by atoms with E-state index < -0.39 is 10.0 Å². The molecule has 4 aromatic rings. The zero-order chi connectivity index (χ0) is 29.6. The van der Waals surface area contributed by atoms with Crippen LogP contribution in [0.25, 0.3) is 34.2 Å². The lowest BCUT2D eigenvalue weighted by Gasteiger charge is -2.23. The van der Waals surface area contributed by atoms with Gasteiger partial charge in [-0.3, -0.25) is 14.7 Å². The van der Waals surface area contributed by atoms with E-state index in [1.165, 1.54) is 10.6 Å². The smallest absolute Gasteiger partial charge is 0.240 e. The van der Waals surface area contributed by atoms with Crippen LogP contribution in [0.1, 0.15) is 30.3 Å². The number of rotatable bonds is 5. The highest BCUT2D eigenvalue weighted by atomic mass is 32.2. The second kappa shape index (κ2) is 11.2. The summed E-state index contributed by atoms with van der Waals surface area (Å²) in [6.45, 7) is 4.01. The fourth-order valence-electron chi connectivity index (χ4n) is 5.68. The third kappa shape index (κ3) is 5.54. The number of sulfonamides is 1. The van der Waals surface area contributed by atoms with Gasteiger partial charge in [-0.15, -0.1) is 5.10 Å². The fourth-order valence-corrected chi connectivity index (χ4v) is 6.56. The van der Waals surface area contributed by atoms with Crippen LogP contribution < -0.4 is 9.47 Å². The second-order valence-corrected chi connectivity index (χ2v) is 13.1. The summed E-state index contributed by atoms with van der Waals surface area (Å²) < 4.78 is 41.9. The maximum atomic E-state index is 12.1. The third-order valence-corrected chi connectivity index (χ3v) is 9.00. The lowest BCUT2D eigenvalue weighted by molar-refractivity contribution is 0.146. The number of ether oxygens (including phenoxy) is 2. The number of fused-ring (bicyclic) bond motifs is 4. The molecule has 2 bridgehead atoms. The molecule has 0 saturated carbocycles. The Morgan fingerprint density at radius 2 is 2.05 bits per heavy atom. The van der Waals surface area contributed by atoms with Crippen molar-refractivity contribution >= 4 is 33.1 Å². The molecule has 3 aromatic heterocycles. The van der Waals surface area contributed by atoms with E-state index in [-0.39, 0.29) is 31.9 Å². The summed E-state index contributed by atoms with van der Waals surface area (Å²) >= 11 is 0. The number of nitrogens with one attached hydrogen (secondary N) is 1. The van der Waals surface area contributed by atoms with Crippen LogP contribution in [-0.2, 0) is 30.2 Å². The molecule has 0 radical (unpaired) electrons. The van der Waals surface area contributed by atoms with E-state index in [1.54, 1.807) is 9.36 Å². The number of aliphatic hydroxyl groups is 1. The number of benzene rings is 1. The Hall–Kier alpha value is -3.72. The number of H-pyrrole nitrogens is 1. The van der Waals surface area contributed by atoms with Gasteiger partial charge in [-0.1, -0.05) is 6.07 Å². The highest BCUT2D eigenvalue weighted by Crippen LogP contribution is 2.34. The van der Waals surface area contributed by atoms with E-state index in [4.69, 9.17) is 14.6 Å². The van der Waals surface area contributed by atoms with Gasteiger partial charge in [0.25, 0.3) is 0 Å². The number of hydrogen-bond donors (Lipinski definition) is 2. The highest BCUT2D eigenvalue weighted by molar-refractivity contribution is 7.88. The first kappa shape index (κ1) is 28.4. The molecule has 6 rings (SSSR count). The van der Waals surface area contributed by atoms with Crippen molar-refractivity contribution in [3.05, 3.63) is 41.3 Å². The van der Waals surface area contributed by atoms with Crippen molar-refractivity contribution in [2.75, 3.05) is 39.5 Å². The molecule has 0 unspecified atom stereocenters. The van der Waals surface area contributed by atoms with Gasteiger partial charge in [0.05, 0.1) is 60.2 Å². The number of hydrogen-bond acceptors (Lipinski definition) is 9. The number of nitrogens with zero attached hydrogens (tertiary/aromatic N) is 7. The molecule has 1 fully saturated rings. The molecule has 2 N–H and O–H groups in total.